The van der Waals surface area contributed by atoms with E-state index in [1.54, 1.807) is 18.2 Å². The summed E-state index contributed by atoms with van der Waals surface area (Å²) in [4.78, 5) is 37.0. The molecule has 0 radical (unpaired) electrons. The summed E-state index contributed by atoms with van der Waals surface area (Å²) in [5, 5.41) is 6.92. The number of nitrogens with one attached hydrogen (secondary N) is 3. The molecule has 174 valence electrons. The SMILES string of the molecule is O=C1NC(=O)C(CNC(=O)c2ccccc2-c2ccc(C(F)(F)F)cc2)(C2CC(F)(F)C2)N1. The fraction of sp³-hybridized carbons (Fsp3) is 0.318. The van der Waals surface area contributed by atoms with Crippen molar-refractivity contribution < 1.29 is 36.3 Å². The highest BCUT2D eigenvalue weighted by Crippen LogP contribution is 2.48. The molecule has 1 unspecified atom stereocenters. The number of urea groups is 1. The summed E-state index contributed by atoms with van der Waals surface area (Å²) in [5.41, 5.74) is -1.74. The Bertz CT molecular complexity index is 1110. The number of carbonyl (C=O) groups is 3. The molecular formula is C22H18F5N3O3. The van der Waals surface area contributed by atoms with Crippen LogP contribution in [0.15, 0.2) is 48.5 Å². The molecule has 0 aromatic heterocycles. The van der Waals surface area contributed by atoms with Gasteiger partial charge in [0.25, 0.3) is 11.8 Å². The van der Waals surface area contributed by atoms with Crippen LogP contribution in [-0.2, 0) is 11.0 Å². The zero-order valence-electron chi connectivity index (χ0n) is 16.9. The number of benzene rings is 2. The average molecular weight is 467 g/mol. The quantitative estimate of drug-likeness (QED) is 0.463. The minimum absolute atomic E-state index is 0.107. The van der Waals surface area contributed by atoms with Gasteiger partial charge < -0.3 is 10.6 Å². The fourth-order valence-electron chi connectivity index (χ4n) is 4.16. The highest BCUT2D eigenvalue weighted by Gasteiger charge is 2.61. The Morgan fingerprint density at radius 2 is 1.67 bits per heavy atom. The maximum absolute atomic E-state index is 13.4. The molecule has 3 N–H and O–H groups in total. The second-order valence-electron chi connectivity index (χ2n) is 8.14. The number of carbonyl (C=O) groups excluding carboxylic acids is 3. The smallest absolute Gasteiger partial charge is 0.349 e. The molecule has 1 aliphatic carbocycles. The van der Waals surface area contributed by atoms with Gasteiger partial charge in [0.15, 0.2) is 0 Å². The van der Waals surface area contributed by atoms with Gasteiger partial charge in [-0.2, -0.15) is 13.2 Å². The number of hydrogen-bond donors (Lipinski definition) is 3. The van der Waals surface area contributed by atoms with Crippen LogP contribution in [0.1, 0.15) is 28.8 Å². The van der Waals surface area contributed by atoms with E-state index in [0.717, 1.165) is 12.1 Å². The first kappa shape index (κ1) is 22.7. The van der Waals surface area contributed by atoms with Crippen LogP contribution >= 0.6 is 0 Å². The van der Waals surface area contributed by atoms with Crippen LogP contribution < -0.4 is 16.0 Å². The fourth-order valence-corrected chi connectivity index (χ4v) is 4.16. The molecule has 1 atom stereocenters. The molecule has 33 heavy (non-hydrogen) atoms. The number of imide groups is 1. The van der Waals surface area contributed by atoms with Gasteiger partial charge in [0.05, 0.1) is 12.1 Å². The maximum Gasteiger partial charge on any atom is 0.416 e. The van der Waals surface area contributed by atoms with Crippen molar-refractivity contribution in [2.24, 2.45) is 5.92 Å². The molecule has 6 nitrogen and oxygen atoms in total. The summed E-state index contributed by atoms with van der Waals surface area (Å²) < 4.78 is 65.4. The van der Waals surface area contributed by atoms with E-state index >= 15 is 0 Å². The van der Waals surface area contributed by atoms with Crippen molar-refractivity contribution in [3.63, 3.8) is 0 Å². The van der Waals surface area contributed by atoms with Crippen LogP contribution in [0.4, 0.5) is 26.7 Å². The van der Waals surface area contributed by atoms with Crippen molar-refractivity contribution in [3.8, 4) is 11.1 Å². The summed E-state index contributed by atoms with van der Waals surface area (Å²) in [7, 11) is 0. The Morgan fingerprint density at radius 3 is 2.21 bits per heavy atom. The first-order valence-electron chi connectivity index (χ1n) is 9.98. The molecule has 11 heteroatoms. The molecule has 2 aromatic rings. The van der Waals surface area contributed by atoms with E-state index in [9.17, 15) is 36.3 Å². The highest BCUT2D eigenvalue weighted by molar-refractivity contribution is 6.08. The van der Waals surface area contributed by atoms with E-state index < -0.39 is 66.4 Å². The van der Waals surface area contributed by atoms with E-state index in [2.05, 4.69) is 10.6 Å². The van der Waals surface area contributed by atoms with E-state index in [1.807, 2.05) is 5.32 Å². The summed E-state index contributed by atoms with van der Waals surface area (Å²) >= 11 is 0. The molecule has 1 saturated carbocycles. The van der Waals surface area contributed by atoms with E-state index in [0.29, 0.717) is 11.1 Å². The van der Waals surface area contributed by atoms with Crippen LogP contribution in [0.2, 0.25) is 0 Å². The third-order valence-corrected chi connectivity index (χ3v) is 5.98. The number of alkyl halides is 5. The molecule has 0 bridgehead atoms. The average Bonchev–Trinajstić information content (AvgIpc) is 3.03. The highest BCUT2D eigenvalue weighted by atomic mass is 19.4. The van der Waals surface area contributed by atoms with Crippen molar-refractivity contribution >= 4 is 17.8 Å². The van der Waals surface area contributed by atoms with Gasteiger partial charge in [0, 0.05) is 24.3 Å². The van der Waals surface area contributed by atoms with Crippen LogP contribution in [0, 0.1) is 5.92 Å². The number of halogens is 5. The minimum atomic E-state index is -4.51. The second-order valence-corrected chi connectivity index (χ2v) is 8.14. The summed E-state index contributed by atoms with van der Waals surface area (Å²) in [5.74, 6) is -5.30. The minimum Gasteiger partial charge on any atom is -0.349 e. The number of hydrogen-bond acceptors (Lipinski definition) is 3. The van der Waals surface area contributed by atoms with Gasteiger partial charge in [-0.05, 0) is 29.3 Å². The molecule has 1 saturated heterocycles. The van der Waals surface area contributed by atoms with E-state index in [-0.39, 0.29) is 5.56 Å². The predicted octanol–water partition coefficient (Wildman–Crippen LogP) is 3.73. The molecule has 2 fully saturated rings. The van der Waals surface area contributed by atoms with Gasteiger partial charge in [-0.1, -0.05) is 30.3 Å². The van der Waals surface area contributed by atoms with Gasteiger partial charge in [-0.15, -0.1) is 0 Å². The van der Waals surface area contributed by atoms with Gasteiger partial charge in [-0.3, -0.25) is 14.9 Å². The standard InChI is InChI=1S/C22H18F5N3O3/c23-20(24)9-14(10-20)21(18(32)29-19(33)30-21)11-28-17(31)16-4-2-1-3-15(16)12-5-7-13(8-6-12)22(25,26)27/h1-8,14H,9-11H2,(H,28,31)(H2,29,30,32,33). The lowest BCUT2D eigenvalue weighted by atomic mass is 9.68. The largest absolute Gasteiger partial charge is 0.416 e. The van der Waals surface area contributed by atoms with Gasteiger partial charge in [0.2, 0.25) is 5.92 Å². The summed E-state index contributed by atoms with van der Waals surface area (Å²) in [6.07, 6.45) is -5.73. The third-order valence-electron chi connectivity index (χ3n) is 5.98. The zero-order chi connectivity index (χ0) is 24.0. The Hall–Kier alpha value is -3.50. The normalized spacial score (nSPS) is 22.3. The summed E-state index contributed by atoms with van der Waals surface area (Å²) in [6, 6.07) is 9.57. The zero-order valence-corrected chi connectivity index (χ0v) is 16.9. The van der Waals surface area contributed by atoms with Gasteiger partial charge >= 0.3 is 12.2 Å². The van der Waals surface area contributed by atoms with Crippen molar-refractivity contribution in [1.29, 1.82) is 0 Å². The lowest BCUT2D eigenvalue weighted by molar-refractivity contribution is -0.148. The van der Waals surface area contributed by atoms with Crippen LogP contribution in [0.3, 0.4) is 0 Å². The van der Waals surface area contributed by atoms with Gasteiger partial charge in [-0.25, -0.2) is 13.6 Å². The monoisotopic (exact) mass is 467 g/mol. The van der Waals surface area contributed by atoms with E-state index in [1.165, 1.54) is 18.2 Å². The topological polar surface area (TPSA) is 87.3 Å². The van der Waals surface area contributed by atoms with Crippen molar-refractivity contribution in [2.45, 2.75) is 30.5 Å². The van der Waals surface area contributed by atoms with Crippen LogP contribution in [-0.4, -0.2) is 35.9 Å². The molecule has 1 heterocycles. The third kappa shape index (κ3) is 4.27. The summed E-state index contributed by atoms with van der Waals surface area (Å²) in [6.45, 7) is -0.425. The lowest BCUT2D eigenvalue weighted by Gasteiger charge is -2.44. The Labute approximate surface area is 184 Å². The van der Waals surface area contributed by atoms with E-state index in [4.69, 9.17) is 0 Å². The van der Waals surface area contributed by atoms with Crippen molar-refractivity contribution in [2.75, 3.05) is 6.54 Å². The molecule has 0 spiro atoms. The molecule has 4 rings (SSSR count). The van der Waals surface area contributed by atoms with Crippen molar-refractivity contribution in [1.82, 2.24) is 16.0 Å². The first-order chi connectivity index (χ1) is 15.4. The first-order valence-corrected chi connectivity index (χ1v) is 9.98. The van der Waals surface area contributed by atoms with Crippen LogP contribution in [0.5, 0.6) is 0 Å². The number of rotatable bonds is 5. The van der Waals surface area contributed by atoms with Gasteiger partial charge in [0.1, 0.15) is 5.54 Å². The van der Waals surface area contributed by atoms with Crippen molar-refractivity contribution in [3.05, 3.63) is 59.7 Å². The predicted molar refractivity (Wildman–Crippen MR) is 106 cm³/mol. The Kier molecular flexibility index (Phi) is 5.38. The molecule has 4 amide bonds. The number of amides is 4. The Balaban J connectivity index is 1.56. The molecule has 2 aliphatic rings. The molecule has 1 aliphatic heterocycles. The lowest BCUT2D eigenvalue weighted by Crippen LogP contribution is -2.64. The molecule has 2 aromatic carbocycles. The Morgan fingerprint density at radius 1 is 1.03 bits per heavy atom. The van der Waals surface area contributed by atoms with Crippen LogP contribution in [0.25, 0.3) is 11.1 Å². The maximum atomic E-state index is 13.4. The second kappa shape index (κ2) is 7.82. The molecular weight excluding hydrogens is 449 g/mol.